The average Bonchev–Trinajstić information content (AvgIpc) is 2.82. The Hall–Kier alpha value is -1.62. The van der Waals surface area contributed by atoms with Gasteiger partial charge in [-0.25, -0.2) is 4.98 Å². The number of hydrogen-bond donors (Lipinski definition) is 2. The molecule has 19 heavy (non-hydrogen) atoms. The third-order valence-electron chi connectivity index (χ3n) is 3.31. The molecule has 5 heteroatoms. The second kappa shape index (κ2) is 6.52. The number of amides is 1. The molecule has 0 aliphatic carbocycles. The molecule has 0 bridgehead atoms. The van der Waals surface area contributed by atoms with Crippen LogP contribution in [0.25, 0.3) is 0 Å². The second-order valence-electron chi connectivity index (χ2n) is 5.08. The number of aromatic nitrogens is 1. The fourth-order valence-corrected chi connectivity index (χ4v) is 2.21. The predicted molar refractivity (Wildman–Crippen MR) is 76.4 cm³/mol. The molecule has 0 aromatic carbocycles. The first-order valence-corrected chi connectivity index (χ1v) is 6.88. The van der Waals surface area contributed by atoms with Gasteiger partial charge in [0.1, 0.15) is 5.82 Å². The molecule has 2 N–H and O–H groups in total. The number of likely N-dealkylation sites (tertiary alicyclic amines) is 1. The fraction of sp³-hybridized carbons (Fsp3) is 0.571. The van der Waals surface area contributed by atoms with Crippen molar-refractivity contribution in [3.8, 4) is 0 Å². The van der Waals surface area contributed by atoms with Crippen LogP contribution in [0.5, 0.6) is 0 Å². The molecule has 0 saturated carbocycles. The molecule has 2 heterocycles. The zero-order chi connectivity index (χ0) is 13.7. The van der Waals surface area contributed by atoms with Gasteiger partial charge in [-0.05, 0) is 38.6 Å². The number of anilines is 1. The molecule has 0 radical (unpaired) electrons. The van der Waals surface area contributed by atoms with Crippen LogP contribution in [0.3, 0.4) is 0 Å². The quantitative estimate of drug-likeness (QED) is 0.840. The highest BCUT2D eigenvalue weighted by molar-refractivity contribution is 5.94. The third kappa shape index (κ3) is 3.92. The van der Waals surface area contributed by atoms with Gasteiger partial charge >= 0.3 is 0 Å². The Morgan fingerprint density at radius 1 is 1.53 bits per heavy atom. The lowest BCUT2D eigenvalue weighted by Crippen LogP contribution is -2.36. The standard InChI is InChI=1S/C14H22N4O/c1-3-7-15-13-5-4-11(9-16-13)14(19)17-12-6-8-18(2)10-12/h4-5,9,12H,3,6-8,10H2,1-2H3,(H,15,16)(H,17,19). The van der Waals surface area contributed by atoms with Gasteiger partial charge in [-0.2, -0.15) is 0 Å². The largest absolute Gasteiger partial charge is 0.370 e. The number of carbonyl (C=O) groups excluding carboxylic acids is 1. The smallest absolute Gasteiger partial charge is 0.253 e. The molecule has 1 amide bonds. The summed E-state index contributed by atoms with van der Waals surface area (Å²) in [5.74, 6) is 0.786. The fourth-order valence-electron chi connectivity index (χ4n) is 2.21. The summed E-state index contributed by atoms with van der Waals surface area (Å²) in [4.78, 5) is 18.5. The van der Waals surface area contributed by atoms with E-state index in [9.17, 15) is 4.79 Å². The number of likely N-dealkylation sites (N-methyl/N-ethyl adjacent to an activating group) is 1. The normalized spacial score (nSPS) is 19.4. The van der Waals surface area contributed by atoms with Crippen LogP contribution in [-0.2, 0) is 0 Å². The molecular formula is C14H22N4O. The Morgan fingerprint density at radius 2 is 2.37 bits per heavy atom. The monoisotopic (exact) mass is 262 g/mol. The summed E-state index contributed by atoms with van der Waals surface area (Å²) in [6, 6.07) is 3.93. The van der Waals surface area contributed by atoms with Gasteiger partial charge in [0.05, 0.1) is 5.56 Å². The highest BCUT2D eigenvalue weighted by Gasteiger charge is 2.21. The van der Waals surface area contributed by atoms with Gasteiger partial charge in [0.2, 0.25) is 0 Å². The van der Waals surface area contributed by atoms with E-state index < -0.39 is 0 Å². The molecule has 104 valence electrons. The van der Waals surface area contributed by atoms with Crippen molar-refractivity contribution in [1.29, 1.82) is 0 Å². The van der Waals surface area contributed by atoms with Crippen molar-refractivity contribution >= 4 is 11.7 Å². The topological polar surface area (TPSA) is 57.3 Å². The first kappa shape index (κ1) is 13.8. The third-order valence-corrected chi connectivity index (χ3v) is 3.31. The molecule has 1 aliphatic rings. The Kier molecular flexibility index (Phi) is 4.74. The second-order valence-corrected chi connectivity index (χ2v) is 5.08. The number of nitrogens with zero attached hydrogens (tertiary/aromatic N) is 2. The molecular weight excluding hydrogens is 240 g/mol. The van der Waals surface area contributed by atoms with Crippen LogP contribution in [0.2, 0.25) is 0 Å². The first-order chi connectivity index (χ1) is 9.19. The van der Waals surface area contributed by atoms with E-state index in [-0.39, 0.29) is 11.9 Å². The van der Waals surface area contributed by atoms with E-state index in [0.717, 1.165) is 38.3 Å². The van der Waals surface area contributed by atoms with Crippen molar-refractivity contribution in [2.45, 2.75) is 25.8 Å². The Bertz CT molecular complexity index is 418. The lowest BCUT2D eigenvalue weighted by atomic mass is 10.2. The number of rotatable bonds is 5. The summed E-state index contributed by atoms with van der Waals surface area (Å²) in [6.07, 6.45) is 3.71. The summed E-state index contributed by atoms with van der Waals surface area (Å²) in [5, 5.41) is 6.24. The molecule has 1 saturated heterocycles. The van der Waals surface area contributed by atoms with Gasteiger partial charge < -0.3 is 15.5 Å². The van der Waals surface area contributed by atoms with E-state index in [4.69, 9.17) is 0 Å². The van der Waals surface area contributed by atoms with Crippen LogP contribution in [0.4, 0.5) is 5.82 Å². The number of pyridine rings is 1. The molecule has 1 atom stereocenters. The van der Waals surface area contributed by atoms with Crippen LogP contribution >= 0.6 is 0 Å². The van der Waals surface area contributed by atoms with Crippen LogP contribution in [0.15, 0.2) is 18.3 Å². The molecule has 5 nitrogen and oxygen atoms in total. The number of hydrogen-bond acceptors (Lipinski definition) is 4. The highest BCUT2D eigenvalue weighted by atomic mass is 16.1. The maximum atomic E-state index is 12.0. The van der Waals surface area contributed by atoms with Gasteiger partial charge in [0.25, 0.3) is 5.91 Å². The molecule has 2 rings (SSSR count). The molecule has 1 aromatic rings. The Labute approximate surface area is 114 Å². The van der Waals surface area contributed by atoms with E-state index in [0.29, 0.717) is 5.56 Å². The van der Waals surface area contributed by atoms with Gasteiger partial charge in [-0.15, -0.1) is 0 Å². The predicted octanol–water partition coefficient (Wildman–Crippen LogP) is 1.34. The minimum absolute atomic E-state index is 0.0326. The molecule has 1 unspecified atom stereocenters. The van der Waals surface area contributed by atoms with E-state index in [1.807, 2.05) is 12.1 Å². The summed E-state index contributed by atoms with van der Waals surface area (Å²) in [6.45, 7) is 4.97. The first-order valence-electron chi connectivity index (χ1n) is 6.88. The molecule has 1 aromatic heterocycles. The maximum Gasteiger partial charge on any atom is 0.253 e. The zero-order valence-electron chi connectivity index (χ0n) is 11.6. The van der Waals surface area contributed by atoms with E-state index in [2.05, 4.69) is 34.5 Å². The number of carbonyl (C=O) groups is 1. The summed E-state index contributed by atoms with van der Waals surface area (Å²) in [7, 11) is 2.07. The van der Waals surface area contributed by atoms with Crippen LogP contribution in [-0.4, -0.2) is 48.5 Å². The summed E-state index contributed by atoms with van der Waals surface area (Å²) < 4.78 is 0. The van der Waals surface area contributed by atoms with Crippen molar-refractivity contribution < 1.29 is 4.79 Å². The lowest BCUT2D eigenvalue weighted by Gasteiger charge is -2.13. The van der Waals surface area contributed by atoms with E-state index in [1.54, 1.807) is 6.20 Å². The SMILES string of the molecule is CCCNc1ccc(C(=O)NC2CCN(C)C2)cn1. The Morgan fingerprint density at radius 3 is 2.95 bits per heavy atom. The van der Waals surface area contributed by atoms with Gasteiger partial charge in [-0.3, -0.25) is 4.79 Å². The maximum absolute atomic E-state index is 12.0. The Balaban J connectivity index is 1.88. The van der Waals surface area contributed by atoms with Crippen LogP contribution < -0.4 is 10.6 Å². The zero-order valence-corrected chi connectivity index (χ0v) is 11.6. The average molecular weight is 262 g/mol. The van der Waals surface area contributed by atoms with Crippen LogP contribution in [0.1, 0.15) is 30.1 Å². The minimum Gasteiger partial charge on any atom is -0.370 e. The van der Waals surface area contributed by atoms with Crippen molar-refractivity contribution in [2.75, 3.05) is 32.0 Å². The van der Waals surface area contributed by atoms with Crippen molar-refractivity contribution in [3.05, 3.63) is 23.9 Å². The van der Waals surface area contributed by atoms with Gasteiger partial charge in [0, 0.05) is 25.3 Å². The van der Waals surface area contributed by atoms with Crippen molar-refractivity contribution in [3.63, 3.8) is 0 Å². The molecule has 1 fully saturated rings. The molecule has 0 spiro atoms. The number of nitrogens with one attached hydrogen (secondary N) is 2. The minimum atomic E-state index is -0.0326. The summed E-state index contributed by atoms with van der Waals surface area (Å²) in [5.41, 5.74) is 0.622. The van der Waals surface area contributed by atoms with Crippen molar-refractivity contribution in [2.24, 2.45) is 0 Å². The van der Waals surface area contributed by atoms with E-state index >= 15 is 0 Å². The lowest BCUT2D eigenvalue weighted by molar-refractivity contribution is 0.0938. The highest BCUT2D eigenvalue weighted by Crippen LogP contribution is 2.09. The van der Waals surface area contributed by atoms with Crippen molar-refractivity contribution in [1.82, 2.24) is 15.2 Å². The van der Waals surface area contributed by atoms with E-state index in [1.165, 1.54) is 0 Å². The molecule has 1 aliphatic heterocycles. The van der Waals surface area contributed by atoms with Crippen LogP contribution in [0, 0.1) is 0 Å². The summed E-state index contributed by atoms with van der Waals surface area (Å²) >= 11 is 0. The van der Waals surface area contributed by atoms with Gasteiger partial charge in [-0.1, -0.05) is 6.92 Å². The van der Waals surface area contributed by atoms with Gasteiger partial charge in [0.15, 0.2) is 0 Å².